The topological polar surface area (TPSA) is 58.4 Å². The molecule has 3 rings (SSSR count). The van der Waals surface area contributed by atoms with Crippen LogP contribution >= 0.6 is 11.6 Å². The average Bonchev–Trinajstić information content (AvgIpc) is 2.94. The number of carbonyl (C=O) groups excluding carboxylic acids is 2. The number of carbonyl (C=O) groups is 2. The number of likely N-dealkylation sites (tertiary alicyclic amines) is 1. The lowest BCUT2D eigenvalue weighted by molar-refractivity contribution is -0.134. The van der Waals surface area contributed by atoms with Gasteiger partial charge >= 0.3 is 0 Å². The Morgan fingerprint density at radius 2 is 1.81 bits per heavy atom. The molecule has 2 aromatic rings. The summed E-state index contributed by atoms with van der Waals surface area (Å²) in [5, 5.41) is 4.83. The molecule has 1 saturated heterocycles. The second-order valence-corrected chi connectivity index (χ2v) is 7.55. The van der Waals surface area contributed by atoms with E-state index in [-0.39, 0.29) is 17.7 Å². The van der Waals surface area contributed by atoms with Crippen molar-refractivity contribution in [2.75, 3.05) is 27.2 Å². The molecule has 0 atom stereocenters. The molecule has 0 unspecified atom stereocenters. The summed E-state index contributed by atoms with van der Waals surface area (Å²) in [5.41, 5.74) is 2.17. The molecule has 6 nitrogen and oxygen atoms in total. The predicted octanol–water partition coefficient (Wildman–Crippen LogP) is 2.83. The normalized spacial score (nSPS) is 15.0. The van der Waals surface area contributed by atoms with E-state index in [1.54, 1.807) is 28.6 Å². The van der Waals surface area contributed by atoms with Gasteiger partial charge in [-0.05, 0) is 25.3 Å². The second kappa shape index (κ2) is 8.13. The van der Waals surface area contributed by atoms with Crippen molar-refractivity contribution in [1.29, 1.82) is 0 Å². The number of aryl methyl sites for hydroxylation is 1. The number of aromatic nitrogens is 2. The molecule has 2 amide bonds. The maximum Gasteiger partial charge on any atom is 0.258 e. The van der Waals surface area contributed by atoms with Gasteiger partial charge in [0.15, 0.2) is 0 Å². The minimum atomic E-state index is -0.104. The molecule has 144 valence electrons. The zero-order chi connectivity index (χ0) is 19.6. The highest BCUT2D eigenvalue weighted by Gasteiger charge is 2.31. The number of piperidine rings is 1. The van der Waals surface area contributed by atoms with Gasteiger partial charge in [0.05, 0.1) is 17.8 Å². The summed E-state index contributed by atoms with van der Waals surface area (Å²) >= 11 is 6.51. The Bertz CT molecular complexity index is 824. The van der Waals surface area contributed by atoms with Crippen LogP contribution in [0.2, 0.25) is 5.15 Å². The standard InChI is InChI=1S/C20H25ClN4O2/c1-14-17(18(21)25(22-14)13-15-7-5-4-6-8-15)20(27)24-11-9-16(10-12-24)19(26)23(2)3/h4-8,16H,9-13H2,1-3H3. The molecule has 1 fully saturated rings. The molecule has 0 N–H and O–H groups in total. The van der Waals surface area contributed by atoms with Gasteiger partial charge in [-0.2, -0.15) is 5.10 Å². The lowest BCUT2D eigenvalue weighted by Crippen LogP contribution is -2.42. The van der Waals surface area contributed by atoms with Crippen LogP contribution in [0.3, 0.4) is 0 Å². The first-order valence-corrected chi connectivity index (χ1v) is 9.53. The van der Waals surface area contributed by atoms with Crippen molar-refractivity contribution >= 4 is 23.4 Å². The van der Waals surface area contributed by atoms with Gasteiger partial charge in [-0.15, -0.1) is 0 Å². The average molecular weight is 389 g/mol. The molecular formula is C20H25ClN4O2. The van der Waals surface area contributed by atoms with E-state index >= 15 is 0 Å². The van der Waals surface area contributed by atoms with Crippen LogP contribution in [-0.4, -0.2) is 58.6 Å². The molecule has 0 bridgehead atoms. The van der Waals surface area contributed by atoms with Gasteiger partial charge in [0.2, 0.25) is 5.91 Å². The number of hydrogen-bond donors (Lipinski definition) is 0. The summed E-state index contributed by atoms with van der Waals surface area (Å²) < 4.78 is 1.67. The molecule has 27 heavy (non-hydrogen) atoms. The maximum atomic E-state index is 13.0. The molecule has 2 heterocycles. The fourth-order valence-electron chi connectivity index (χ4n) is 3.51. The third kappa shape index (κ3) is 4.16. The Morgan fingerprint density at radius 3 is 2.41 bits per heavy atom. The quantitative estimate of drug-likeness (QED) is 0.809. The first-order chi connectivity index (χ1) is 12.9. The summed E-state index contributed by atoms with van der Waals surface area (Å²) in [6.45, 7) is 3.45. The molecular weight excluding hydrogens is 364 g/mol. The molecule has 0 radical (unpaired) electrons. The summed E-state index contributed by atoms with van der Waals surface area (Å²) in [6.07, 6.45) is 1.36. The molecule has 0 aliphatic carbocycles. The van der Waals surface area contributed by atoms with Gasteiger partial charge in [0.25, 0.3) is 5.91 Å². The second-order valence-electron chi connectivity index (χ2n) is 7.19. The monoisotopic (exact) mass is 388 g/mol. The van der Waals surface area contributed by atoms with Crippen molar-refractivity contribution < 1.29 is 9.59 Å². The van der Waals surface area contributed by atoms with E-state index in [0.29, 0.717) is 48.9 Å². The van der Waals surface area contributed by atoms with Crippen molar-refractivity contribution in [3.63, 3.8) is 0 Å². The molecule has 1 aromatic carbocycles. The minimum Gasteiger partial charge on any atom is -0.349 e. The fraction of sp³-hybridized carbons (Fsp3) is 0.450. The third-order valence-electron chi connectivity index (χ3n) is 5.03. The summed E-state index contributed by atoms with van der Waals surface area (Å²) in [7, 11) is 3.54. The van der Waals surface area contributed by atoms with Gasteiger partial charge < -0.3 is 9.80 Å². The van der Waals surface area contributed by atoms with Crippen molar-refractivity contribution in [1.82, 2.24) is 19.6 Å². The van der Waals surface area contributed by atoms with Crippen LogP contribution < -0.4 is 0 Å². The largest absolute Gasteiger partial charge is 0.349 e. The van der Waals surface area contributed by atoms with Crippen molar-refractivity contribution in [3.05, 3.63) is 52.3 Å². The van der Waals surface area contributed by atoms with Crippen molar-refractivity contribution in [2.45, 2.75) is 26.3 Å². The van der Waals surface area contributed by atoms with Gasteiger partial charge in [-0.1, -0.05) is 41.9 Å². The van der Waals surface area contributed by atoms with E-state index in [4.69, 9.17) is 11.6 Å². The zero-order valence-corrected chi connectivity index (χ0v) is 16.7. The molecule has 1 aliphatic heterocycles. The van der Waals surface area contributed by atoms with Gasteiger partial charge in [-0.3, -0.25) is 9.59 Å². The zero-order valence-electron chi connectivity index (χ0n) is 16.0. The fourth-order valence-corrected chi connectivity index (χ4v) is 3.83. The third-order valence-corrected chi connectivity index (χ3v) is 5.41. The van der Waals surface area contributed by atoms with Gasteiger partial charge in [0.1, 0.15) is 5.15 Å². The number of amides is 2. The highest BCUT2D eigenvalue weighted by atomic mass is 35.5. The molecule has 0 saturated carbocycles. The summed E-state index contributed by atoms with van der Waals surface area (Å²) in [4.78, 5) is 28.5. The lowest BCUT2D eigenvalue weighted by atomic mass is 9.95. The Morgan fingerprint density at radius 1 is 1.19 bits per heavy atom. The summed E-state index contributed by atoms with van der Waals surface area (Å²) in [5.74, 6) is 0.0148. The van der Waals surface area contributed by atoms with E-state index in [2.05, 4.69) is 5.10 Å². The first-order valence-electron chi connectivity index (χ1n) is 9.15. The van der Waals surface area contributed by atoms with Crippen LogP contribution in [0.5, 0.6) is 0 Å². The highest BCUT2D eigenvalue weighted by molar-refractivity contribution is 6.33. The Kier molecular flexibility index (Phi) is 5.85. The minimum absolute atomic E-state index is 0.0126. The van der Waals surface area contributed by atoms with Crippen molar-refractivity contribution in [2.24, 2.45) is 5.92 Å². The summed E-state index contributed by atoms with van der Waals surface area (Å²) in [6, 6.07) is 9.89. The Balaban J connectivity index is 1.71. The predicted molar refractivity (Wildman–Crippen MR) is 105 cm³/mol. The van der Waals surface area contributed by atoms with Crippen LogP contribution in [0, 0.1) is 12.8 Å². The first kappa shape index (κ1) is 19.4. The number of rotatable bonds is 4. The van der Waals surface area contributed by atoms with Gasteiger partial charge in [-0.25, -0.2) is 4.68 Å². The van der Waals surface area contributed by atoms with E-state index in [9.17, 15) is 9.59 Å². The molecule has 1 aliphatic rings. The molecule has 1 aromatic heterocycles. The van der Waals surface area contributed by atoms with Gasteiger partial charge in [0, 0.05) is 33.1 Å². The number of hydrogen-bond acceptors (Lipinski definition) is 3. The van der Waals surface area contributed by atoms with Crippen LogP contribution in [0.4, 0.5) is 0 Å². The van der Waals surface area contributed by atoms with E-state index in [1.807, 2.05) is 37.3 Å². The lowest BCUT2D eigenvalue weighted by Gasteiger charge is -2.32. The van der Waals surface area contributed by atoms with Crippen LogP contribution in [0.15, 0.2) is 30.3 Å². The Hall–Kier alpha value is -2.34. The van der Waals surface area contributed by atoms with Crippen LogP contribution in [0.1, 0.15) is 34.5 Å². The van der Waals surface area contributed by atoms with E-state index in [0.717, 1.165) is 5.56 Å². The number of benzene rings is 1. The van der Waals surface area contributed by atoms with E-state index < -0.39 is 0 Å². The number of halogens is 1. The SMILES string of the molecule is Cc1nn(Cc2ccccc2)c(Cl)c1C(=O)N1CCC(C(=O)N(C)C)CC1. The smallest absolute Gasteiger partial charge is 0.258 e. The molecule has 7 heteroatoms. The Labute approximate surface area is 164 Å². The van der Waals surface area contributed by atoms with Crippen molar-refractivity contribution in [3.8, 4) is 0 Å². The van der Waals surface area contributed by atoms with Crippen LogP contribution in [-0.2, 0) is 11.3 Å². The van der Waals surface area contributed by atoms with Crippen LogP contribution in [0.25, 0.3) is 0 Å². The molecule has 0 spiro atoms. The van der Waals surface area contributed by atoms with E-state index in [1.165, 1.54) is 0 Å². The highest BCUT2D eigenvalue weighted by Crippen LogP contribution is 2.26. The number of nitrogens with zero attached hydrogens (tertiary/aromatic N) is 4. The maximum absolute atomic E-state index is 13.0.